The zero-order valence-electron chi connectivity index (χ0n) is 11.9. The molecule has 1 aliphatic carbocycles. The molecule has 0 aliphatic heterocycles. The van der Waals surface area contributed by atoms with Gasteiger partial charge in [0, 0.05) is 6.04 Å². The third kappa shape index (κ3) is 2.80. The minimum absolute atomic E-state index is 0.159. The molecule has 0 aromatic heterocycles. The molecule has 1 aliphatic rings. The highest BCUT2D eigenvalue weighted by atomic mass is 19.1. The molecule has 0 radical (unpaired) electrons. The van der Waals surface area contributed by atoms with Crippen LogP contribution in [-0.4, -0.2) is 11.9 Å². The lowest BCUT2D eigenvalue weighted by atomic mass is 9.93. The van der Waals surface area contributed by atoms with Gasteiger partial charge >= 0.3 is 0 Å². The van der Waals surface area contributed by atoms with E-state index in [-0.39, 0.29) is 17.5 Å². The predicted molar refractivity (Wildman–Crippen MR) is 74.6 cm³/mol. The number of rotatable bonds is 3. The Morgan fingerprint density at radius 1 is 1.42 bits per heavy atom. The normalized spacial score (nSPS) is 26.4. The second kappa shape index (κ2) is 5.72. The zero-order chi connectivity index (χ0) is 14.0. The number of benzene rings is 1. The van der Waals surface area contributed by atoms with Crippen LogP contribution in [0.4, 0.5) is 4.39 Å². The molecule has 1 aromatic rings. The van der Waals surface area contributed by atoms with E-state index in [1.807, 2.05) is 0 Å². The third-order valence-corrected chi connectivity index (χ3v) is 4.50. The van der Waals surface area contributed by atoms with Gasteiger partial charge in [-0.05, 0) is 43.2 Å². The van der Waals surface area contributed by atoms with Gasteiger partial charge < -0.3 is 5.32 Å². The molecule has 3 unspecified atom stereocenters. The lowest BCUT2D eigenvalue weighted by Crippen LogP contribution is -2.38. The second-order valence-electron chi connectivity index (χ2n) is 5.62. The highest BCUT2D eigenvalue weighted by Gasteiger charge is 2.32. The highest BCUT2D eigenvalue weighted by molar-refractivity contribution is 5.94. The monoisotopic (exact) mass is 263 g/mol. The van der Waals surface area contributed by atoms with Crippen LogP contribution in [0.3, 0.4) is 0 Å². The molecule has 2 rings (SSSR count). The largest absolute Gasteiger partial charge is 0.349 e. The first kappa shape index (κ1) is 14.0. The van der Waals surface area contributed by atoms with Crippen molar-refractivity contribution < 1.29 is 9.18 Å². The first-order valence-corrected chi connectivity index (χ1v) is 7.10. The maximum absolute atomic E-state index is 13.9. The predicted octanol–water partition coefficient (Wildman–Crippen LogP) is 3.69. The van der Waals surface area contributed by atoms with Crippen molar-refractivity contribution in [3.05, 3.63) is 35.1 Å². The number of hydrogen-bond acceptors (Lipinski definition) is 1. The minimum Gasteiger partial charge on any atom is -0.349 e. The van der Waals surface area contributed by atoms with Crippen molar-refractivity contribution in [2.75, 3.05) is 0 Å². The molecule has 1 amide bonds. The van der Waals surface area contributed by atoms with E-state index in [4.69, 9.17) is 0 Å². The molecule has 1 N–H and O–H groups in total. The molecule has 3 atom stereocenters. The van der Waals surface area contributed by atoms with Crippen molar-refractivity contribution in [3.63, 3.8) is 0 Å². The van der Waals surface area contributed by atoms with Gasteiger partial charge in [0.05, 0.1) is 5.56 Å². The van der Waals surface area contributed by atoms with Crippen molar-refractivity contribution in [1.82, 2.24) is 5.32 Å². The van der Waals surface area contributed by atoms with Crippen LogP contribution in [0.15, 0.2) is 18.2 Å². The van der Waals surface area contributed by atoms with Crippen LogP contribution >= 0.6 is 0 Å². The molecule has 1 aromatic carbocycles. The Balaban J connectivity index is 2.08. The molecule has 3 heteroatoms. The summed E-state index contributed by atoms with van der Waals surface area (Å²) in [5.41, 5.74) is 0.672. The zero-order valence-corrected chi connectivity index (χ0v) is 11.9. The summed E-state index contributed by atoms with van der Waals surface area (Å²) in [5, 5.41) is 3.00. The summed E-state index contributed by atoms with van der Waals surface area (Å²) in [6, 6.07) is 5.13. The van der Waals surface area contributed by atoms with Gasteiger partial charge in [0.1, 0.15) is 5.82 Å². The molecule has 0 heterocycles. The van der Waals surface area contributed by atoms with Crippen LogP contribution in [0.1, 0.15) is 49.0 Å². The van der Waals surface area contributed by atoms with Crippen molar-refractivity contribution in [1.29, 1.82) is 0 Å². The summed E-state index contributed by atoms with van der Waals surface area (Å²) in [6.45, 7) is 6.04. The first-order valence-electron chi connectivity index (χ1n) is 7.10. The van der Waals surface area contributed by atoms with Gasteiger partial charge in [0.25, 0.3) is 5.91 Å². The molecule has 1 fully saturated rings. The Morgan fingerprint density at radius 3 is 2.79 bits per heavy atom. The SMILES string of the molecule is CCC1CCC(NC(=O)c2cccc(C)c2F)C1C. The van der Waals surface area contributed by atoms with Crippen LogP contribution in [0.5, 0.6) is 0 Å². The van der Waals surface area contributed by atoms with E-state index in [1.54, 1.807) is 25.1 Å². The number of carbonyl (C=O) groups excluding carboxylic acids is 1. The van der Waals surface area contributed by atoms with E-state index >= 15 is 0 Å². The van der Waals surface area contributed by atoms with E-state index in [2.05, 4.69) is 19.2 Å². The number of carbonyl (C=O) groups is 1. The van der Waals surface area contributed by atoms with Gasteiger partial charge in [-0.15, -0.1) is 0 Å². The molecule has 0 spiro atoms. The average Bonchev–Trinajstić information content (AvgIpc) is 2.73. The number of nitrogens with one attached hydrogen (secondary N) is 1. The van der Waals surface area contributed by atoms with Crippen molar-refractivity contribution in [2.24, 2.45) is 11.8 Å². The summed E-state index contributed by atoms with van der Waals surface area (Å²) in [5.74, 6) is 0.460. The van der Waals surface area contributed by atoms with Crippen LogP contribution in [0, 0.1) is 24.6 Å². The Bertz CT molecular complexity index is 472. The molecule has 0 saturated heterocycles. The third-order valence-electron chi connectivity index (χ3n) is 4.50. The first-order chi connectivity index (χ1) is 9.04. The minimum atomic E-state index is -0.405. The van der Waals surface area contributed by atoms with Gasteiger partial charge in [-0.1, -0.05) is 32.4 Å². The van der Waals surface area contributed by atoms with Crippen LogP contribution in [0.25, 0.3) is 0 Å². The Hall–Kier alpha value is -1.38. The number of amides is 1. The van der Waals surface area contributed by atoms with Gasteiger partial charge in [-0.3, -0.25) is 4.79 Å². The summed E-state index contributed by atoms with van der Waals surface area (Å²) < 4.78 is 13.9. The van der Waals surface area contributed by atoms with Gasteiger partial charge in [0.2, 0.25) is 0 Å². The fraction of sp³-hybridized carbons (Fsp3) is 0.562. The number of hydrogen-bond donors (Lipinski definition) is 1. The summed E-state index contributed by atoms with van der Waals surface area (Å²) >= 11 is 0. The van der Waals surface area contributed by atoms with Gasteiger partial charge in [-0.25, -0.2) is 4.39 Å². The summed E-state index contributed by atoms with van der Waals surface area (Å²) in [6.07, 6.45) is 3.30. The van der Waals surface area contributed by atoms with Crippen LogP contribution in [0.2, 0.25) is 0 Å². The molecular weight excluding hydrogens is 241 g/mol. The van der Waals surface area contributed by atoms with Crippen molar-refractivity contribution in [2.45, 2.75) is 46.1 Å². The van der Waals surface area contributed by atoms with E-state index in [9.17, 15) is 9.18 Å². The van der Waals surface area contributed by atoms with Crippen molar-refractivity contribution >= 4 is 5.91 Å². The molecular formula is C16H22FNO. The standard InChI is InChI=1S/C16H22FNO/c1-4-12-8-9-14(11(12)3)18-16(19)13-7-5-6-10(2)15(13)17/h5-7,11-12,14H,4,8-9H2,1-3H3,(H,18,19). The maximum Gasteiger partial charge on any atom is 0.254 e. The lowest BCUT2D eigenvalue weighted by Gasteiger charge is -2.21. The Kier molecular flexibility index (Phi) is 4.23. The van der Waals surface area contributed by atoms with Crippen molar-refractivity contribution in [3.8, 4) is 0 Å². The molecule has 0 bridgehead atoms. The Labute approximate surface area is 114 Å². The quantitative estimate of drug-likeness (QED) is 0.885. The number of aryl methyl sites for hydroxylation is 1. The van der Waals surface area contributed by atoms with Crippen LogP contribution in [-0.2, 0) is 0 Å². The topological polar surface area (TPSA) is 29.1 Å². The number of halogens is 1. The molecule has 19 heavy (non-hydrogen) atoms. The van der Waals surface area contributed by atoms with E-state index < -0.39 is 5.82 Å². The summed E-state index contributed by atoms with van der Waals surface area (Å²) in [7, 11) is 0. The molecule has 104 valence electrons. The second-order valence-corrected chi connectivity index (χ2v) is 5.62. The maximum atomic E-state index is 13.9. The highest BCUT2D eigenvalue weighted by Crippen LogP contribution is 2.34. The van der Waals surface area contributed by atoms with E-state index in [1.165, 1.54) is 0 Å². The van der Waals surface area contributed by atoms with Crippen LogP contribution < -0.4 is 5.32 Å². The molecule has 1 saturated carbocycles. The Morgan fingerprint density at radius 2 is 2.16 bits per heavy atom. The van der Waals surface area contributed by atoms with E-state index in [0.717, 1.165) is 19.3 Å². The fourth-order valence-corrected chi connectivity index (χ4v) is 3.10. The molecule has 2 nitrogen and oxygen atoms in total. The summed E-state index contributed by atoms with van der Waals surface area (Å²) in [4.78, 5) is 12.2. The van der Waals surface area contributed by atoms with E-state index in [0.29, 0.717) is 17.4 Å². The van der Waals surface area contributed by atoms with Gasteiger partial charge in [0.15, 0.2) is 0 Å². The fourth-order valence-electron chi connectivity index (χ4n) is 3.10. The average molecular weight is 263 g/mol. The van der Waals surface area contributed by atoms with Gasteiger partial charge in [-0.2, -0.15) is 0 Å². The lowest BCUT2D eigenvalue weighted by molar-refractivity contribution is 0.0922. The smallest absolute Gasteiger partial charge is 0.254 e.